The highest BCUT2D eigenvalue weighted by atomic mass is 32.1. The summed E-state index contributed by atoms with van der Waals surface area (Å²) in [5, 5.41) is 2.98. The van der Waals surface area contributed by atoms with Gasteiger partial charge in [0.25, 0.3) is 5.91 Å². The van der Waals surface area contributed by atoms with Crippen LogP contribution in [0.5, 0.6) is 5.75 Å². The molecule has 0 radical (unpaired) electrons. The molecular formula is C19H19FN2O5S. The van der Waals surface area contributed by atoms with Gasteiger partial charge in [-0.15, -0.1) is 11.3 Å². The van der Waals surface area contributed by atoms with Crippen molar-refractivity contribution in [2.45, 2.75) is 19.9 Å². The molecule has 0 bridgehead atoms. The van der Waals surface area contributed by atoms with Gasteiger partial charge in [-0.05, 0) is 24.1 Å². The zero-order chi connectivity index (χ0) is 20.3. The average molecular weight is 406 g/mol. The van der Waals surface area contributed by atoms with Crippen LogP contribution in [0.4, 0.5) is 9.39 Å². The molecule has 0 spiro atoms. The molecule has 0 saturated carbocycles. The van der Waals surface area contributed by atoms with Crippen LogP contribution in [0.25, 0.3) is 0 Å². The maximum atomic E-state index is 13.6. The Morgan fingerprint density at radius 2 is 2.04 bits per heavy atom. The van der Waals surface area contributed by atoms with Gasteiger partial charge in [0.15, 0.2) is 18.2 Å². The molecule has 2 heterocycles. The summed E-state index contributed by atoms with van der Waals surface area (Å²) in [5.41, 5.74) is 1.07. The molecule has 148 valence electrons. The largest absolute Gasteiger partial charge is 0.481 e. The van der Waals surface area contributed by atoms with Crippen molar-refractivity contribution < 1.29 is 28.2 Å². The molecule has 1 aliphatic rings. The minimum atomic E-state index is -0.568. The van der Waals surface area contributed by atoms with Crippen molar-refractivity contribution in [1.82, 2.24) is 4.90 Å². The Kier molecular flexibility index (Phi) is 5.93. The molecule has 1 aromatic heterocycles. The van der Waals surface area contributed by atoms with Crippen molar-refractivity contribution >= 4 is 34.1 Å². The van der Waals surface area contributed by atoms with E-state index in [1.165, 1.54) is 43.6 Å². The fourth-order valence-electron chi connectivity index (χ4n) is 2.95. The number of amides is 2. The second-order valence-corrected chi connectivity index (χ2v) is 7.26. The number of rotatable bonds is 5. The molecule has 0 fully saturated rings. The van der Waals surface area contributed by atoms with Crippen molar-refractivity contribution in [3.05, 3.63) is 46.1 Å². The lowest BCUT2D eigenvalue weighted by Gasteiger charge is -2.25. The Morgan fingerprint density at radius 3 is 2.71 bits per heavy atom. The number of halogens is 1. The quantitative estimate of drug-likeness (QED) is 0.772. The normalized spacial score (nSPS) is 12.9. The van der Waals surface area contributed by atoms with E-state index in [1.807, 2.05) is 0 Å². The molecule has 2 aromatic rings. The fraction of sp³-hybridized carbons (Fsp3) is 0.316. The third-order valence-electron chi connectivity index (χ3n) is 4.34. The first-order valence-corrected chi connectivity index (χ1v) is 9.38. The van der Waals surface area contributed by atoms with Gasteiger partial charge in [-0.3, -0.25) is 9.59 Å². The Morgan fingerprint density at radius 1 is 1.29 bits per heavy atom. The molecule has 0 atom stereocenters. The maximum Gasteiger partial charge on any atom is 0.341 e. The molecule has 1 aliphatic heterocycles. The molecule has 1 N–H and O–H groups in total. The average Bonchev–Trinajstić information content (AvgIpc) is 3.03. The van der Waals surface area contributed by atoms with Crippen LogP contribution in [0.15, 0.2) is 24.3 Å². The monoisotopic (exact) mass is 406 g/mol. The van der Waals surface area contributed by atoms with Crippen molar-refractivity contribution in [3.63, 3.8) is 0 Å². The van der Waals surface area contributed by atoms with Gasteiger partial charge in [-0.1, -0.05) is 12.1 Å². The van der Waals surface area contributed by atoms with E-state index in [4.69, 9.17) is 9.47 Å². The third-order valence-corrected chi connectivity index (χ3v) is 5.47. The first kappa shape index (κ1) is 19.8. The van der Waals surface area contributed by atoms with Crippen LogP contribution in [0.2, 0.25) is 0 Å². The van der Waals surface area contributed by atoms with E-state index in [1.54, 1.807) is 11.0 Å². The standard InChI is InChI=1S/C19H19FN2O5S/c1-11(23)22-8-7-12-15(9-22)28-18(17(12)19(25)26-2)21-16(24)10-27-14-6-4-3-5-13(14)20/h3-6H,7-10H2,1-2H3,(H,21,24). The van der Waals surface area contributed by atoms with Gasteiger partial charge >= 0.3 is 5.97 Å². The van der Waals surface area contributed by atoms with Crippen molar-refractivity contribution in [1.29, 1.82) is 0 Å². The van der Waals surface area contributed by atoms with Gasteiger partial charge in [0, 0.05) is 18.3 Å². The number of fused-ring (bicyclic) bond motifs is 1. The smallest absolute Gasteiger partial charge is 0.341 e. The van der Waals surface area contributed by atoms with Crippen LogP contribution >= 0.6 is 11.3 Å². The number of methoxy groups -OCH3 is 1. The summed E-state index contributed by atoms with van der Waals surface area (Å²) in [4.78, 5) is 38.7. The molecular weight excluding hydrogens is 387 g/mol. The number of nitrogens with zero attached hydrogens (tertiary/aromatic N) is 1. The lowest BCUT2D eigenvalue weighted by molar-refractivity contribution is -0.129. The zero-order valence-corrected chi connectivity index (χ0v) is 16.2. The van der Waals surface area contributed by atoms with Crippen molar-refractivity contribution in [3.8, 4) is 5.75 Å². The van der Waals surface area contributed by atoms with Gasteiger partial charge in [0.1, 0.15) is 5.00 Å². The Balaban J connectivity index is 1.77. The Bertz CT molecular complexity index is 927. The second-order valence-electron chi connectivity index (χ2n) is 6.16. The number of nitrogens with one attached hydrogen (secondary N) is 1. The first-order valence-electron chi connectivity index (χ1n) is 8.56. The minimum Gasteiger partial charge on any atom is -0.481 e. The Labute approximate surface area is 165 Å². The molecule has 2 amide bonds. The number of hydrogen-bond acceptors (Lipinski definition) is 6. The lowest BCUT2D eigenvalue weighted by atomic mass is 10.0. The summed E-state index contributed by atoms with van der Waals surface area (Å²) in [6.45, 7) is 1.94. The van der Waals surface area contributed by atoms with Gasteiger partial charge in [0.2, 0.25) is 5.91 Å². The number of carbonyl (C=O) groups is 3. The summed E-state index contributed by atoms with van der Waals surface area (Å²) in [5.74, 6) is -1.74. The molecule has 1 aromatic carbocycles. The van der Waals surface area contributed by atoms with Crippen LogP contribution in [0, 0.1) is 5.82 Å². The lowest BCUT2D eigenvalue weighted by Crippen LogP contribution is -2.33. The number of carbonyl (C=O) groups excluding carboxylic acids is 3. The van der Waals surface area contributed by atoms with E-state index in [2.05, 4.69) is 5.32 Å². The van der Waals surface area contributed by atoms with E-state index in [0.29, 0.717) is 30.1 Å². The molecule has 0 aliphatic carbocycles. The highest BCUT2D eigenvalue weighted by Crippen LogP contribution is 2.37. The summed E-state index contributed by atoms with van der Waals surface area (Å²) < 4.78 is 23.6. The summed E-state index contributed by atoms with van der Waals surface area (Å²) in [6, 6.07) is 5.77. The minimum absolute atomic E-state index is 0.0339. The molecule has 0 unspecified atom stereocenters. The number of thiophene rings is 1. The number of benzene rings is 1. The Hall–Kier alpha value is -2.94. The molecule has 7 nitrogen and oxygen atoms in total. The zero-order valence-electron chi connectivity index (χ0n) is 15.4. The molecule has 3 rings (SSSR count). The topological polar surface area (TPSA) is 84.9 Å². The predicted octanol–water partition coefficient (Wildman–Crippen LogP) is 2.60. The third kappa shape index (κ3) is 4.14. The van der Waals surface area contributed by atoms with Crippen molar-refractivity contribution in [2.24, 2.45) is 0 Å². The van der Waals surface area contributed by atoms with Gasteiger partial charge in [-0.25, -0.2) is 9.18 Å². The highest BCUT2D eigenvalue weighted by molar-refractivity contribution is 7.17. The van der Waals surface area contributed by atoms with Crippen LogP contribution in [0.3, 0.4) is 0 Å². The molecule has 0 saturated heterocycles. The van der Waals surface area contributed by atoms with Crippen LogP contribution in [-0.2, 0) is 27.3 Å². The SMILES string of the molecule is COC(=O)c1c(NC(=O)COc2ccccc2F)sc2c1CCN(C(C)=O)C2. The van der Waals surface area contributed by atoms with Crippen LogP contribution < -0.4 is 10.1 Å². The number of ether oxygens (including phenoxy) is 2. The van der Waals surface area contributed by atoms with Crippen LogP contribution in [-0.4, -0.2) is 42.9 Å². The summed E-state index contributed by atoms with van der Waals surface area (Å²) >= 11 is 1.22. The predicted molar refractivity (Wildman–Crippen MR) is 101 cm³/mol. The summed E-state index contributed by atoms with van der Waals surface area (Å²) in [6.07, 6.45) is 0.497. The van der Waals surface area contributed by atoms with E-state index in [9.17, 15) is 18.8 Å². The van der Waals surface area contributed by atoms with Gasteiger partial charge in [0.05, 0.1) is 19.2 Å². The maximum absolute atomic E-state index is 13.6. The summed E-state index contributed by atoms with van der Waals surface area (Å²) in [7, 11) is 1.27. The number of hydrogen-bond donors (Lipinski definition) is 1. The fourth-order valence-corrected chi connectivity index (χ4v) is 4.21. The highest BCUT2D eigenvalue weighted by Gasteiger charge is 2.30. The van der Waals surface area contributed by atoms with E-state index in [-0.39, 0.29) is 11.7 Å². The molecule has 9 heteroatoms. The van der Waals surface area contributed by atoms with E-state index in [0.717, 1.165) is 10.4 Å². The molecule has 28 heavy (non-hydrogen) atoms. The van der Waals surface area contributed by atoms with Gasteiger partial charge < -0.3 is 19.7 Å². The number of para-hydroxylation sites is 1. The van der Waals surface area contributed by atoms with Crippen molar-refractivity contribution in [2.75, 3.05) is 25.6 Å². The van der Waals surface area contributed by atoms with E-state index < -0.39 is 24.3 Å². The number of esters is 1. The second kappa shape index (κ2) is 8.39. The van der Waals surface area contributed by atoms with Gasteiger partial charge in [-0.2, -0.15) is 0 Å². The van der Waals surface area contributed by atoms with Crippen LogP contribution in [0.1, 0.15) is 27.7 Å². The first-order chi connectivity index (χ1) is 13.4. The number of anilines is 1. The van der Waals surface area contributed by atoms with E-state index >= 15 is 0 Å².